The number of ether oxygens (including phenoxy) is 1. The summed E-state index contributed by atoms with van der Waals surface area (Å²) >= 11 is 0. The third-order valence-corrected chi connectivity index (χ3v) is 3.84. The van der Waals surface area contributed by atoms with Crippen molar-refractivity contribution in [3.63, 3.8) is 0 Å². The minimum Gasteiger partial charge on any atom is -0.481 e. The molecule has 2 atom stereocenters. The fourth-order valence-corrected chi connectivity index (χ4v) is 2.38. The van der Waals surface area contributed by atoms with E-state index in [0.29, 0.717) is 5.92 Å². The van der Waals surface area contributed by atoms with Crippen molar-refractivity contribution in [3.8, 4) is 0 Å². The van der Waals surface area contributed by atoms with Crippen molar-refractivity contribution >= 4 is 11.9 Å². The summed E-state index contributed by atoms with van der Waals surface area (Å²) < 4.78 is 5.17. The first kappa shape index (κ1) is 13.0. The highest BCUT2D eigenvalue weighted by atomic mass is 16.5. The number of aromatic amines is 1. The third kappa shape index (κ3) is 2.26. The molecule has 2 N–H and O–H groups in total. The van der Waals surface area contributed by atoms with Crippen molar-refractivity contribution in [1.82, 2.24) is 20.1 Å². The average molecular weight is 280 g/mol. The summed E-state index contributed by atoms with van der Waals surface area (Å²) in [5, 5.41) is 15.8. The van der Waals surface area contributed by atoms with Gasteiger partial charge in [0.2, 0.25) is 5.82 Å². The molecule has 1 saturated heterocycles. The van der Waals surface area contributed by atoms with E-state index in [0.717, 1.165) is 18.7 Å². The summed E-state index contributed by atoms with van der Waals surface area (Å²) in [4.78, 5) is 29.0. The summed E-state index contributed by atoms with van der Waals surface area (Å²) in [5.41, 5.74) is 0. The van der Waals surface area contributed by atoms with Crippen LogP contribution in [0.2, 0.25) is 0 Å². The van der Waals surface area contributed by atoms with Gasteiger partial charge in [-0.05, 0) is 12.8 Å². The molecule has 8 heteroatoms. The van der Waals surface area contributed by atoms with Crippen LogP contribution in [0.4, 0.5) is 0 Å². The number of amides is 1. The maximum atomic E-state index is 12.3. The maximum Gasteiger partial charge on any atom is 0.311 e. The molecule has 0 radical (unpaired) electrons. The van der Waals surface area contributed by atoms with E-state index in [2.05, 4.69) is 15.2 Å². The van der Waals surface area contributed by atoms with Crippen LogP contribution in [-0.4, -0.2) is 63.4 Å². The number of carbonyl (C=O) groups is 2. The highest BCUT2D eigenvalue weighted by molar-refractivity contribution is 5.91. The Labute approximate surface area is 115 Å². The van der Waals surface area contributed by atoms with E-state index in [1.165, 1.54) is 4.90 Å². The van der Waals surface area contributed by atoms with Crippen molar-refractivity contribution in [3.05, 3.63) is 11.6 Å². The first-order valence-electron chi connectivity index (χ1n) is 6.58. The Morgan fingerprint density at radius 1 is 1.40 bits per heavy atom. The predicted molar refractivity (Wildman–Crippen MR) is 66.2 cm³/mol. The Morgan fingerprint density at radius 2 is 2.15 bits per heavy atom. The van der Waals surface area contributed by atoms with Crippen LogP contribution in [0.3, 0.4) is 0 Å². The molecule has 1 saturated carbocycles. The highest BCUT2D eigenvalue weighted by Gasteiger charge is 2.39. The van der Waals surface area contributed by atoms with E-state index in [-0.39, 0.29) is 24.9 Å². The second-order valence-corrected chi connectivity index (χ2v) is 5.28. The number of nitrogens with zero attached hydrogens (tertiary/aromatic N) is 3. The first-order valence-corrected chi connectivity index (χ1v) is 6.58. The average Bonchev–Trinajstić information content (AvgIpc) is 2.97. The molecule has 2 heterocycles. The minimum absolute atomic E-state index is 0.0884. The van der Waals surface area contributed by atoms with E-state index in [1.54, 1.807) is 7.05 Å². The van der Waals surface area contributed by atoms with Crippen LogP contribution in [0.1, 0.15) is 35.2 Å². The quantitative estimate of drug-likeness (QED) is 0.794. The van der Waals surface area contributed by atoms with Crippen molar-refractivity contribution in [2.75, 3.05) is 20.3 Å². The van der Waals surface area contributed by atoms with Gasteiger partial charge in [0.1, 0.15) is 11.7 Å². The Morgan fingerprint density at radius 3 is 2.80 bits per heavy atom. The highest BCUT2D eigenvalue weighted by Crippen LogP contribution is 2.37. The Bertz CT molecular complexity index is 539. The number of rotatable bonds is 4. The molecule has 1 aromatic heterocycles. The molecule has 8 nitrogen and oxygen atoms in total. The summed E-state index contributed by atoms with van der Waals surface area (Å²) in [5.74, 6) is -0.831. The van der Waals surface area contributed by atoms with Crippen molar-refractivity contribution in [2.24, 2.45) is 5.92 Å². The molecule has 1 aliphatic carbocycles. The molecular weight excluding hydrogens is 264 g/mol. The molecule has 2 fully saturated rings. The standard InChI is InChI=1S/C12H16N4O4/c1-16(8-5-20-4-7(8)12(18)19)11(17)10-13-9(14-15-10)6-2-3-6/h6-8H,2-5H2,1H3,(H,18,19)(H,13,14,15). The van der Waals surface area contributed by atoms with E-state index in [1.807, 2.05) is 0 Å². The zero-order valence-electron chi connectivity index (χ0n) is 11.1. The number of H-pyrrole nitrogens is 1. The first-order chi connectivity index (χ1) is 9.58. The molecule has 0 spiro atoms. The van der Waals surface area contributed by atoms with Gasteiger partial charge >= 0.3 is 5.97 Å². The van der Waals surface area contributed by atoms with Gasteiger partial charge in [0.25, 0.3) is 5.91 Å². The lowest BCUT2D eigenvalue weighted by Crippen LogP contribution is -2.44. The van der Waals surface area contributed by atoms with Crippen LogP contribution >= 0.6 is 0 Å². The fourth-order valence-electron chi connectivity index (χ4n) is 2.38. The molecule has 1 aromatic rings. The molecule has 1 amide bonds. The smallest absolute Gasteiger partial charge is 0.311 e. The van der Waals surface area contributed by atoms with Crippen LogP contribution < -0.4 is 0 Å². The van der Waals surface area contributed by atoms with Crippen molar-refractivity contribution in [2.45, 2.75) is 24.8 Å². The second kappa shape index (κ2) is 4.86. The van der Waals surface area contributed by atoms with Crippen molar-refractivity contribution < 1.29 is 19.4 Å². The van der Waals surface area contributed by atoms with Gasteiger partial charge in [0.05, 0.1) is 19.3 Å². The number of hydrogen-bond donors (Lipinski definition) is 2. The molecule has 108 valence electrons. The minimum atomic E-state index is -0.958. The van der Waals surface area contributed by atoms with Crippen LogP contribution in [-0.2, 0) is 9.53 Å². The number of carbonyl (C=O) groups excluding carboxylic acids is 1. The van der Waals surface area contributed by atoms with E-state index in [4.69, 9.17) is 9.84 Å². The molecule has 0 aromatic carbocycles. The zero-order chi connectivity index (χ0) is 14.3. The van der Waals surface area contributed by atoms with Gasteiger partial charge in [0.15, 0.2) is 0 Å². The molecule has 0 bridgehead atoms. The van der Waals surface area contributed by atoms with Gasteiger partial charge in [-0.25, -0.2) is 4.98 Å². The Balaban J connectivity index is 1.73. The lowest BCUT2D eigenvalue weighted by atomic mass is 10.0. The van der Waals surface area contributed by atoms with Gasteiger partial charge in [-0.2, -0.15) is 0 Å². The monoisotopic (exact) mass is 280 g/mol. The number of likely N-dealkylation sites (N-methyl/N-ethyl adjacent to an activating group) is 1. The normalized spacial score (nSPS) is 25.6. The lowest BCUT2D eigenvalue weighted by Gasteiger charge is -2.25. The van der Waals surface area contributed by atoms with Gasteiger partial charge in [-0.3, -0.25) is 14.7 Å². The molecule has 1 aliphatic heterocycles. The van der Waals surface area contributed by atoms with Crippen LogP contribution in [0.15, 0.2) is 0 Å². The van der Waals surface area contributed by atoms with Gasteiger partial charge in [-0.1, -0.05) is 0 Å². The van der Waals surface area contributed by atoms with Crippen LogP contribution in [0.25, 0.3) is 0 Å². The second-order valence-electron chi connectivity index (χ2n) is 5.28. The molecule has 3 rings (SSSR count). The van der Waals surface area contributed by atoms with Crippen molar-refractivity contribution in [1.29, 1.82) is 0 Å². The molecular formula is C12H16N4O4. The summed E-state index contributed by atoms with van der Waals surface area (Å²) in [6.45, 7) is 0.345. The van der Waals surface area contributed by atoms with E-state index in [9.17, 15) is 9.59 Å². The number of aliphatic carboxylic acids is 1. The Hall–Kier alpha value is -1.96. The molecule has 2 unspecified atom stereocenters. The van der Waals surface area contributed by atoms with Crippen LogP contribution in [0.5, 0.6) is 0 Å². The van der Waals surface area contributed by atoms with E-state index < -0.39 is 17.9 Å². The number of carboxylic acids is 1. The fraction of sp³-hybridized carbons (Fsp3) is 0.667. The van der Waals surface area contributed by atoms with Crippen LogP contribution in [0, 0.1) is 5.92 Å². The van der Waals surface area contributed by atoms with Gasteiger partial charge < -0.3 is 14.7 Å². The SMILES string of the molecule is CN(C(=O)c1n[nH]c(C2CC2)n1)C1COCC1C(=O)O. The molecule has 2 aliphatic rings. The topological polar surface area (TPSA) is 108 Å². The largest absolute Gasteiger partial charge is 0.481 e. The maximum absolute atomic E-state index is 12.3. The zero-order valence-corrected chi connectivity index (χ0v) is 11.1. The summed E-state index contributed by atoms with van der Waals surface area (Å²) in [7, 11) is 1.56. The van der Waals surface area contributed by atoms with E-state index >= 15 is 0 Å². The number of carboxylic acid groups (broad SMARTS) is 1. The summed E-state index contributed by atoms with van der Waals surface area (Å²) in [6.07, 6.45) is 2.13. The Kier molecular flexibility index (Phi) is 3.17. The lowest BCUT2D eigenvalue weighted by molar-refractivity contribution is -0.142. The third-order valence-electron chi connectivity index (χ3n) is 3.84. The van der Waals surface area contributed by atoms with Gasteiger partial charge in [0, 0.05) is 13.0 Å². The number of nitrogens with one attached hydrogen (secondary N) is 1. The number of hydrogen-bond acceptors (Lipinski definition) is 5. The number of aromatic nitrogens is 3. The van der Waals surface area contributed by atoms with Gasteiger partial charge in [-0.15, -0.1) is 5.10 Å². The summed E-state index contributed by atoms with van der Waals surface area (Å²) in [6, 6.07) is -0.483. The molecule has 20 heavy (non-hydrogen) atoms. The predicted octanol–water partition coefficient (Wildman–Crippen LogP) is -0.146.